The number of hydrogen-bond donors (Lipinski definition) is 2. The highest BCUT2D eigenvalue weighted by Crippen LogP contribution is 2.33. The Labute approximate surface area is 138 Å². The van der Waals surface area contributed by atoms with Gasteiger partial charge in [-0.3, -0.25) is 0 Å². The van der Waals surface area contributed by atoms with Gasteiger partial charge >= 0.3 is 12.2 Å². The minimum absolute atomic E-state index is 0.0446. The van der Waals surface area contributed by atoms with E-state index >= 15 is 0 Å². The molecule has 1 atom stereocenters. The molecule has 1 saturated carbocycles. The standard InChI is InChI=1S/C16H21F3N2O3/c1-10-3-6-12(14(7-10)24-9-16(17,18)19)20-15(23)21(2)8-13(22)11-4-5-11/h3,6-7,11,13,22H,4-5,8-9H2,1-2H3,(H,20,23). The van der Waals surface area contributed by atoms with Crippen molar-refractivity contribution < 1.29 is 27.8 Å². The van der Waals surface area contributed by atoms with Gasteiger partial charge in [-0.1, -0.05) is 6.07 Å². The van der Waals surface area contributed by atoms with E-state index in [0.29, 0.717) is 5.56 Å². The molecule has 2 rings (SSSR count). The van der Waals surface area contributed by atoms with Crippen molar-refractivity contribution in [1.82, 2.24) is 4.90 Å². The first-order valence-electron chi connectivity index (χ1n) is 7.66. The van der Waals surface area contributed by atoms with Crippen LogP contribution in [0.4, 0.5) is 23.7 Å². The molecule has 0 saturated heterocycles. The third kappa shape index (κ3) is 5.59. The van der Waals surface area contributed by atoms with Gasteiger partial charge in [0.15, 0.2) is 6.61 Å². The quantitative estimate of drug-likeness (QED) is 0.832. The van der Waals surface area contributed by atoms with Crippen LogP contribution in [0.25, 0.3) is 0 Å². The number of carbonyl (C=O) groups is 1. The van der Waals surface area contributed by atoms with Gasteiger partial charge in [-0.2, -0.15) is 13.2 Å². The lowest BCUT2D eigenvalue weighted by Gasteiger charge is -2.22. The Morgan fingerprint density at radius 1 is 1.46 bits per heavy atom. The number of likely N-dealkylation sites (N-methyl/N-ethyl adjacent to an activating group) is 1. The first-order valence-corrected chi connectivity index (χ1v) is 7.66. The highest BCUT2D eigenvalue weighted by Gasteiger charge is 2.31. The van der Waals surface area contributed by atoms with Gasteiger partial charge in [0.1, 0.15) is 5.75 Å². The first kappa shape index (κ1) is 18.4. The Bertz CT molecular complexity index is 588. The summed E-state index contributed by atoms with van der Waals surface area (Å²) in [7, 11) is 1.52. The Balaban J connectivity index is 2.00. The number of amides is 2. The number of hydrogen-bond acceptors (Lipinski definition) is 3. The van der Waals surface area contributed by atoms with Crippen LogP contribution >= 0.6 is 0 Å². The number of aliphatic hydroxyl groups excluding tert-OH is 1. The second-order valence-corrected chi connectivity index (χ2v) is 6.12. The van der Waals surface area contributed by atoms with E-state index in [-0.39, 0.29) is 23.9 Å². The number of nitrogens with zero attached hydrogens (tertiary/aromatic N) is 1. The fourth-order valence-electron chi connectivity index (χ4n) is 2.22. The minimum Gasteiger partial charge on any atom is -0.482 e. The average Bonchev–Trinajstić information content (AvgIpc) is 3.31. The molecule has 0 spiro atoms. The van der Waals surface area contributed by atoms with Crippen LogP contribution in [0.5, 0.6) is 5.75 Å². The van der Waals surface area contributed by atoms with Gasteiger partial charge in [0.25, 0.3) is 0 Å². The topological polar surface area (TPSA) is 61.8 Å². The van der Waals surface area contributed by atoms with Crippen molar-refractivity contribution in [3.8, 4) is 5.75 Å². The van der Waals surface area contributed by atoms with E-state index in [9.17, 15) is 23.1 Å². The number of nitrogens with one attached hydrogen (secondary N) is 1. The summed E-state index contributed by atoms with van der Waals surface area (Å²) in [5, 5.41) is 12.4. The molecule has 1 aromatic carbocycles. The summed E-state index contributed by atoms with van der Waals surface area (Å²) in [5.74, 6) is 0.183. The maximum absolute atomic E-state index is 12.3. The number of benzene rings is 1. The Morgan fingerprint density at radius 2 is 2.12 bits per heavy atom. The number of carbonyl (C=O) groups excluding carboxylic acids is 1. The Hall–Kier alpha value is -1.96. The third-order valence-corrected chi connectivity index (χ3v) is 3.74. The number of aryl methyl sites for hydroxylation is 1. The molecule has 1 aliphatic carbocycles. The molecule has 134 valence electrons. The van der Waals surface area contributed by atoms with E-state index in [1.165, 1.54) is 24.1 Å². The molecule has 8 heteroatoms. The average molecular weight is 346 g/mol. The van der Waals surface area contributed by atoms with Crippen molar-refractivity contribution >= 4 is 11.7 Å². The zero-order valence-corrected chi connectivity index (χ0v) is 13.6. The summed E-state index contributed by atoms with van der Waals surface area (Å²) in [6, 6.07) is 4.06. The van der Waals surface area contributed by atoms with Crippen LogP contribution in [-0.4, -0.2) is 48.5 Å². The molecule has 2 amide bonds. The summed E-state index contributed by atoms with van der Waals surface area (Å²) >= 11 is 0. The fraction of sp³-hybridized carbons (Fsp3) is 0.562. The van der Waals surface area contributed by atoms with E-state index in [0.717, 1.165) is 12.8 Å². The number of rotatable bonds is 6. The van der Waals surface area contributed by atoms with Crippen LogP contribution in [0.1, 0.15) is 18.4 Å². The molecule has 1 aromatic rings. The SMILES string of the molecule is Cc1ccc(NC(=O)N(C)CC(O)C2CC2)c(OCC(F)(F)F)c1. The van der Waals surface area contributed by atoms with Crippen LogP contribution < -0.4 is 10.1 Å². The molecule has 5 nitrogen and oxygen atoms in total. The normalized spacial score (nSPS) is 15.8. The molecule has 24 heavy (non-hydrogen) atoms. The van der Waals surface area contributed by atoms with Gasteiger partial charge < -0.3 is 20.1 Å². The lowest BCUT2D eigenvalue weighted by molar-refractivity contribution is -0.153. The minimum atomic E-state index is -4.46. The molecule has 1 aliphatic rings. The summed E-state index contributed by atoms with van der Waals surface area (Å²) in [6.07, 6.45) is -3.15. The van der Waals surface area contributed by atoms with Crippen molar-refractivity contribution in [3.63, 3.8) is 0 Å². The second-order valence-electron chi connectivity index (χ2n) is 6.12. The number of urea groups is 1. The largest absolute Gasteiger partial charge is 0.482 e. The molecule has 0 aromatic heterocycles. The fourth-order valence-corrected chi connectivity index (χ4v) is 2.22. The highest BCUT2D eigenvalue weighted by atomic mass is 19.4. The van der Waals surface area contributed by atoms with Crippen molar-refractivity contribution in [2.24, 2.45) is 5.92 Å². The second kappa shape index (κ2) is 7.29. The number of aliphatic hydroxyl groups is 1. The van der Waals surface area contributed by atoms with Crippen LogP contribution in [0.3, 0.4) is 0 Å². The summed E-state index contributed by atoms with van der Waals surface area (Å²) in [4.78, 5) is 13.5. The first-order chi connectivity index (χ1) is 11.2. The van der Waals surface area contributed by atoms with Crippen molar-refractivity contribution in [1.29, 1.82) is 0 Å². The number of ether oxygens (including phenoxy) is 1. The lowest BCUT2D eigenvalue weighted by atomic mass is 10.2. The molecule has 0 aliphatic heterocycles. The maximum Gasteiger partial charge on any atom is 0.422 e. The zero-order valence-electron chi connectivity index (χ0n) is 13.6. The predicted octanol–water partition coefficient (Wildman–Crippen LogP) is 3.17. The van der Waals surface area contributed by atoms with Crippen LogP contribution in [-0.2, 0) is 0 Å². The zero-order chi connectivity index (χ0) is 17.9. The van der Waals surface area contributed by atoms with Crippen LogP contribution in [0.2, 0.25) is 0 Å². The van der Waals surface area contributed by atoms with Gasteiger partial charge in [-0.25, -0.2) is 4.79 Å². The summed E-state index contributed by atoms with van der Waals surface area (Å²) in [5.41, 5.74) is 0.866. The van der Waals surface area contributed by atoms with Crippen LogP contribution in [0.15, 0.2) is 18.2 Å². The smallest absolute Gasteiger partial charge is 0.422 e. The molecular weight excluding hydrogens is 325 g/mol. The van der Waals surface area contributed by atoms with Gasteiger partial charge in [0, 0.05) is 13.6 Å². The summed E-state index contributed by atoms with van der Waals surface area (Å²) in [6.45, 7) is 0.445. The molecule has 0 bridgehead atoms. The molecular formula is C16H21F3N2O3. The van der Waals surface area contributed by atoms with Crippen molar-refractivity contribution in [2.75, 3.05) is 25.5 Å². The predicted molar refractivity (Wildman–Crippen MR) is 83.1 cm³/mol. The maximum atomic E-state index is 12.3. The van der Waals surface area contributed by atoms with E-state index in [4.69, 9.17) is 4.74 Å². The van der Waals surface area contributed by atoms with E-state index < -0.39 is 24.9 Å². The number of halogens is 3. The number of anilines is 1. The molecule has 2 N–H and O–H groups in total. The highest BCUT2D eigenvalue weighted by molar-refractivity contribution is 5.90. The lowest BCUT2D eigenvalue weighted by Crippen LogP contribution is -2.38. The Kier molecular flexibility index (Phi) is 5.58. The Morgan fingerprint density at radius 3 is 2.71 bits per heavy atom. The van der Waals surface area contributed by atoms with Gasteiger partial charge in [0.05, 0.1) is 11.8 Å². The third-order valence-electron chi connectivity index (χ3n) is 3.74. The van der Waals surface area contributed by atoms with Gasteiger partial charge in [0.2, 0.25) is 0 Å². The molecule has 1 unspecified atom stereocenters. The number of alkyl halides is 3. The van der Waals surface area contributed by atoms with Gasteiger partial charge in [-0.05, 0) is 43.4 Å². The van der Waals surface area contributed by atoms with E-state index in [2.05, 4.69) is 5.32 Å². The van der Waals surface area contributed by atoms with Gasteiger partial charge in [-0.15, -0.1) is 0 Å². The van der Waals surface area contributed by atoms with Crippen molar-refractivity contribution in [2.45, 2.75) is 32.0 Å². The molecule has 0 heterocycles. The van der Waals surface area contributed by atoms with Crippen molar-refractivity contribution in [3.05, 3.63) is 23.8 Å². The van der Waals surface area contributed by atoms with Crippen LogP contribution in [0, 0.1) is 12.8 Å². The molecule has 0 radical (unpaired) electrons. The van der Waals surface area contributed by atoms with E-state index in [1.54, 1.807) is 13.0 Å². The monoisotopic (exact) mass is 346 g/mol. The van der Waals surface area contributed by atoms with E-state index in [1.807, 2.05) is 0 Å². The summed E-state index contributed by atoms with van der Waals surface area (Å²) < 4.78 is 41.8. The molecule has 1 fully saturated rings.